The number of hydrogen-bond acceptors (Lipinski definition) is 4. The monoisotopic (exact) mass is 372 g/mol. The largest absolute Gasteiger partial charge is 0.493 e. The molecule has 0 heterocycles. The van der Waals surface area contributed by atoms with Crippen LogP contribution < -0.4 is 20.1 Å². The minimum atomic E-state index is -0.0876. The average Bonchev–Trinajstić information content (AvgIpc) is 2.54. The van der Waals surface area contributed by atoms with Crippen molar-refractivity contribution in [2.75, 3.05) is 27.3 Å². The van der Waals surface area contributed by atoms with Gasteiger partial charge in [-0.15, -0.1) is 12.4 Å². The Morgan fingerprint density at radius 2 is 1.84 bits per heavy atom. The van der Waals surface area contributed by atoms with Gasteiger partial charge in [0.05, 0.1) is 19.8 Å². The van der Waals surface area contributed by atoms with E-state index in [0.29, 0.717) is 24.8 Å². The smallest absolute Gasteiger partial charge is 0.224 e. The second kappa shape index (κ2) is 12.0. The number of benzene rings is 1. The Morgan fingerprint density at radius 3 is 2.40 bits per heavy atom. The van der Waals surface area contributed by atoms with Crippen molar-refractivity contribution in [3.05, 3.63) is 23.8 Å². The molecule has 0 spiro atoms. The first-order chi connectivity index (χ1) is 11.4. The molecule has 0 aromatic heterocycles. The third-order valence-corrected chi connectivity index (χ3v) is 3.96. The summed E-state index contributed by atoms with van der Waals surface area (Å²) in [5.74, 6) is 2.00. The maximum Gasteiger partial charge on any atom is 0.224 e. The van der Waals surface area contributed by atoms with Gasteiger partial charge < -0.3 is 20.1 Å². The van der Waals surface area contributed by atoms with Crippen LogP contribution >= 0.6 is 12.4 Å². The average molecular weight is 373 g/mol. The highest BCUT2D eigenvalue weighted by Crippen LogP contribution is 2.30. The van der Waals surface area contributed by atoms with E-state index >= 15 is 0 Å². The van der Waals surface area contributed by atoms with Gasteiger partial charge in [-0.2, -0.15) is 0 Å². The van der Waals surface area contributed by atoms with Gasteiger partial charge in [0.25, 0.3) is 0 Å². The summed E-state index contributed by atoms with van der Waals surface area (Å²) in [6.07, 6.45) is 1.00. The number of nitrogens with one attached hydrogen (secondary N) is 2. The van der Waals surface area contributed by atoms with Crippen LogP contribution in [0.5, 0.6) is 11.5 Å². The van der Waals surface area contributed by atoms with Crippen LogP contribution in [-0.4, -0.2) is 33.2 Å². The molecule has 0 saturated carbocycles. The lowest BCUT2D eigenvalue weighted by molar-refractivity contribution is -0.125. The molecule has 0 saturated heterocycles. The maximum atomic E-state index is 12.1. The van der Waals surface area contributed by atoms with Crippen LogP contribution in [-0.2, 0) is 4.79 Å². The third-order valence-electron chi connectivity index (χ3n) is 3.96. The molecule has 1 aromatic rings. The third kappa shape index (κ3) is 7.97. The lowest BCUT2D eigenvalue weighted by atomic mass is 10.1. The molecular formula is C19H33ClN2O3. The van der Waals surface area contributed by atoms with Crippen LogP contribution in [0.15, 0.2) is 18.2 Å². The number of ether oxygens (including phenoxy) is 2. The van der Waals surface area contributed by atoms with Gasteiger partial charge >= 0.3 is 0 Å². The first kappa shape index (κ1) is 23.5. The van der Waals surface area contributed by atoms with Crippen LogP contribution in [0.25, 0.3) is 0 Å². The Bertz CT molecular complexity index is 523. The summed E-state index contributed by atoms with van der Waals surface area (Å²) >= 11 is 0. The fourth-order valence-corrected chi connectivity index (χ4v) is 2.32. The van der Waals surface area contributed by atoms with Gasteiger partial charge in [-0.1, -0.05) is 26.8 Å². The van der Waals surface area contributed by atoms with E-state index in [9.17, 15) is 4.79 Å². The van der Waals surface area contributed by atoms with Gasteiger partial charge in [0.15, 0.2) is 11.5 Å². The molecule has 1 aromatic carbocycles. The van der Waals surface area contributed by atoms with Gasteiger partial charge in [0.1, 0.15) is 0 Å². The molecule has 2 unspecified atom stereocenters. The number of rotatable bonds is 10. The standard InChI is InChI=1S/C19H32N2O3.ClH/c1-13(2)9-10-24-17-8-7-16(11-18(17)23-6)15(4)21-19(22)14(3)12-20-5;/h7-8,11,13-15,20H,9-10,12H2,1-6H3,(H,21,22);1H. The number of carbonyl (C=O) groups excluding carboxylic acids is 1. The zero-order chi connectivity index (χ0) is 18.1. The molecule has 6 heteroatoms. The van der Waals surface area contributed by atoms with E-state index < -0.39 is 0 Å². The summed E-state index contributed by atoms with van der Waals surface area (Å²) in [4.78, 5) is 12.1. The molecule has 144 valence electrons. The van der Waals surface area contributed by atoms with Gasteiger partial charge in [-0.3, -0.25) is 4.79 Å². The molecule has 1 rings (SSSR count). The van der Waals surface area contributed by atoms with E-state index in [-0.39, 0.29) is 30.3 Å². The van der Waals surface area contributed by atoms with Crippen LogP contribution in [0.2, 0.25) is 0 Å². The predicted molar refractivity (Wildman–Crippen MR) is 105 cm³/mol. The van der Waals surface area contributed by atoms with Gasteiger partial charge in [-0.05, 0) is 44.0 Å². The van der Waals surface area contributed by atoms with Crippen molar-refractivity contribution >= 4 is 18.3 Å². The topological polar surface area (TPSA) is 59.6 Å². The second-order valence-electron chi connectivity index (χ2n) is 6.63. The van der Waals surface area contributed by atoms with E-state index in [1.165, 1.54) is 0 Å². The summed E-state index contributed by atoms with van der Waals surface area (Å²) in [5, 5.41) is 6.05. The number of carbonyl (C=O) groups is 1. The number of halogens is 1. The molecule has 0 aliphatic heterocycles. The highest BCUT2D eigenvalue weighted by atomic mass is 35.5. The summed E-state index contributed by atoms with van der Waals surface area (Å²) in [6.45, 7) is 9.54. The van der Waals surface area contributed by atoms with Crippen molar-refractivity contribution in [1.29, 1.82) is 0 Å². The molecular weight excluding hydrogens is 340 g/mol. The summed E-state index contributed by atoms with van der Waals surface area (Å²) in [7, 11) is 3.47. The minimum Gasteiger partial charge on any atom is -0.493 e. The van der Waals surface area contributed by atoms with Crippen molar-refractivity contribution in [3.63, 3.8) is 0 Å². The first-order valence-corrected chi connectivity index (χ1v) is 8.64. The van der Waals surface area contributed by atoms with Crippen molar-refractivity contribution in [2.45, 2.75) is 40.2 Å². The van der Waals surface area contributed by atoms with Crippen molar-refractivity contribution < 1.29 is 14.3 Å². The molecule has 0 aliphatic rings. The molecule has 1 amide bonds. The summed E-state index contributed by atoms with van der Waals surface area (Å²) in [5.41, 5.74) is 0.994. The minimum absolute atomic E-state index is 0. The van der Waals surface area contributed by atoms with Crippen molar-refractivity contribution in [3.8, 4) is 11.5 Å². The maximum absolute atomic E-state index is 12.1. The fourth-order valence-electron chi connectivity index (χ4n) is 2.32. The van der Waals surface area contributed by atoms with E-state index in [2.05, 4.69) is 24.5 Å². The highest BCUT2D eigenvalue weighted by molar-refractivity contribution is 5.85. The van der Waals surface area contributed by atoms with Gasteiger partial charge in [-0.25, -0.2) is 0 Å². The predicted octanol–water partition coefficient (Wildman–Crippen LogP) is 3.57. The second-order valence-corrected chi connectivity index (χ2v) is 6.63. The zero-order valence-electron chi connectivity index (χ0n) is 16.2. The van der Waals surface area contributed by atoms with Crippen LogP contribution in [0, 0.1) is 11.8 Å². The van der Waals surface area contributed by atoms with Crippen LogP contribution in [0.4, 0.5) is 0 Å². The lowest BCUT2D eigenvalue weighted by Crippen LogP contribution is -2.35. The number of amides is 1. The normalized spacial score (nSPS) is 12.9. The van der Waals surface area contributed by atoms with E-state index in [1.54, 1.807) is 7.11 Å². The Balaban J connectivity index is 0.00000576. The Morgan fingerprint density at radius 1 is 1.16 bits per heavy atom. The lowest BCUT2D eigenvalue weighted by Gasteiger charge is -2.19. The van der Waals surface area contributed by atoms with Crippen LogP contribution in [0.3, 0.4) is 0 Å². The molecule has 2 atom stereocenters. The molecule has 2 N–H and O–H groups in total. The molecule has 0 radical (unpaired) electrons. The first-order valence-electron chi connectivity index (χ1n) is 8.64. The van der Waals surface area contributed by atoms with Crippen molar-refractivity contribution in [2.24, 2.45) is 11.8 Å². The Hall–Kier alpha value is -1.46. The summed E-state index contributed by atoms with van der Waals surface area (Å²) in [6, 6.07) is 5.73. The number of methoxy groups -OCH3 is 1. The van der Waals surface area contributed by atoms with Crippen LogP contribution in [0.1, 0.15) is 45.7 Å². The van der Waals surface area contributed by atoms with E-state index in [4.69, 9.17) is 9.47 Å². The molecule has 0 fully saturated rings. The van der Waals surface area contributed by atoms with Gasteiger partial charge in [0.2, 0.25) is 5.91 Å². The Kier molecular flexibility index (Phi) is 11.3. The molecule has 0 aliphatic carbocycles. The molecule has 0 bridgehead atoms. The number of hydrogen-bond donors (Lipinski definition) is 2. The quantitative estimate of drug-likeness (QED) is 0.659. The van der Waals surface area contributed by atoms with E-state index in [1.807, 2.05) is 39.1 Å². The molecule has 25 heavy (non-hydrogen) atoms. The van der Waals surface area contributed by atoms with Gasteiger partial charge in [0, 0.05) is 12.5 Å². The van der Waals surface area contributed by atoms with Crippen molar-refractivity contribution in [1.82, 2.24) is 10.6 Å². The Labute approximate surface area is 158 Å². The molecule has 5 nitrogen and oxygen atoms in total. The summed E-state index contributed by atoms with van der Waals surface area (Å²) < 4.78 is 11.2. The SMILES string of the molecule is CNCC(C)C(=O)NC(C)c1ccc(OCCC(C)C)c(OC)c1.Cl. The zero-order valence-corrected chi connectivity index (χ0v) is 17.0. The fraction of sp³-hybridized carbons (Fsp3) is 0.632. The van der Waals surface area contributed by atoms with E-state index in [0.717, 1.165) is 17.7 Å². The highest BCUT2D eigenvalue weighted by Gasteiger charge is 2.17.